The Labute approximate surface area is 340 Å². The molecular formula is C56H35NO2. The molecule has 10 aromatic carbocycles. The molecule has 0 bridgehead atoms. The van der Waals surface area contributed by atoms with E-state index >= 15 is 0 Å². The van der Waals surface area contributed by atoms with E-state index in [2.05, 4.69) is 193 Å². The van der Waals surface area contributed by atoms with E-state index in [9.17, 15) is 0 Å². The van der Waals surface area contributed by atoms with Gasteiger partial charge in [-0.2, -0.15) is 0 Å². The maximum absolute atomic E-state index is 6.53. The number of rotatable bonds is 6. The lowest BCUT2D eigenvalue weighted by Gasteiger charge is -2.30. The lowest BCUT2D eigenvalue weighted by Crippen LogP contribution is -2.12. The Morgan fingerprint density at radius 1 is 0.288 bits per heavy atom. The van der Waals surface area contributed by atoms with Crippen LogP contribution in [0.2, 0.25) is 0 Å². The van der Waals surface area contributed by atoms with E-state index in [1.165, 1.54) is 27.1 Å². The normalized spacial score (nSPS) is 11.7. The van der Waals surface area contributed by atoms with Gasteiger partial charge in [0, 0.05) is 44.5 Å². The molecule has 0 amide bonds. The van der Waals surface area contributed by atoms with Crippen molar-refractivity contribution in [2.45, 2.75) is 0 Å². The molecule has 2 heterocycles. The predicted octanol–water partition coefficient (Wildman–Crippen LogP) is 16.3. The number of anilines is 3. The summed E-state index contributed by atoms with van der Waals surface area (Å²) in [6.45, 7) is 0. The molecule has 0 fully saturated rings. The number of fused-ring (bicyclic) bond motifs is 9. The summed E-state index contributed by atoms with van der Waals surface area (Å²) in [6, 6.07) is 75.9. The molecule has 2 aromatic heterocycles. The van der Waals surface area contributed by atoms with E-state index in [1.807, 2.05) is 24.3 Å². The van der Waals surface area contributed by atoms with Gasteiger partial charge in [0.2, 0.25) is 0 Å². The summed E-state index contributed by atoms with van der Waals surface area (Å²) in [6.07, 6.45) is 0. The maximum atomic E-state index is 6.53. The molecule has 0 atom stereocenters. The van der Waals surface area contributed by atoms with Crippen LogP contribution in [0.4, 0.5) is 17.1 Å². The zero-order chi connectivity index (χ0) is 38.9. The first-order valence-electron chi connectivity index (χ1n) is 20.1. The number of nitrogens with zero attached hydrogens (tertiary/aromatic N) is 1. The third kappa shape index (κ3) is 5.44. The maximum Gasteiger partial charge on any atom is 0.137 e. The van der Waals surface area contributed by atoms with Crippen LogP contribution in [0.1, 0.15) is 0 Å². The van der Waals surface area contributed by atoms with Gasteiger partial charge >= 0.3 is 0 Å². The highest BCUT2D eigenvalue weighted by atomic mass is 16.3. The molecule has 59 heavy (non-hydrogen) atoms. The Kier molecular flexibility index (Phi) is 7.54. The molecule has 0 aliphatic rings. The van der Waals surface area contributed by atoms with Gasteiger partial charge in [0.05, 0.1) is 5.69 Å². The molecule has 0 aliphatic carbocycles. The lowest BCUT2D eigenvalue weighted by molar-refractivity contribution is 0.668. The van der Waals surface area contributed by atoms with Gasteiger partial charge in [0.1, 0.15) is 22.3 Å². The van der Waals surface area contributed by atoms with Gasteiger partial charge in [-0.15, -0.1) is 0 Å². The molecule has 276 valence electrons. The van der Waals surface area contributed by atoms with E-state index < -0.39 is 0 Å². The highest BCUT2D eigenvalue weighted by Crippen LogP contribution is 2.49. The molecule has 0 saturated carbocycles. The third-order valence-corrected chi connectivity index (χ3v) is 11.9. The van der Waals surface area contributed by atoms with E-state index in [4.69, 9.17) is 8.83 Å². The molecular weight excluding hydrogens is 719 g/mol. The number of benzene rings is 10. The largest absolute Gasteiger partial charge is 0.456 e. The van der Waals surface area contributed by atoms with Gasteiger partial charge in [-0.1, -0.05) is 146 Å². The lowest BCUT2D eigenvalue weighted by atomic mass is 9.87. The van der Waals surface area contributed by atoms with Gasteiger partial charge in [-0.3, -0.25) is 0 Å². The molecule has 0 radical (unpaired) electrons. The number of furan rings is 2. The summed E-state index contributed by atoms with van der Waals surface area (Å²) in [5.41, 5.74) is 13.4. The van der Waals surface area contributed by atoms with Crippen LogP contribution in [-0.2, 0) is 0 Å². The zero-order valence-corrected chi connectivity index (χ0v) is 32.0. The summed E-state index contributed by atoms with van der Waals surface area (Å²) in [5.74, 6) is 0. The number of para-hydroxylation sites is 2. The van der Waals surface area contributed by atoms with Crippen molar-refractivity contribution >= 4 is 82.5 Å². The molecule has 0 unspecified atom stereocenters. The first-order valence-corrected chi connectivity index (χ1v) is 20.1. The van der Waals surface area contributed by atoms with Crippen molar-refractivity contribution in [3.05, 3.63) is 212 Å². The summed E-state index contributed by atoms with van der Waals surface area (Å²) in [7, 11) is 0. The SMILES string of the molecule is c1ccc(-c2ccc(N(c3ccc4c(c3)oc3ccccc34)c3cccc(-c4ccc5c(c4)oc4ccccc45)c3-c3cc4ccccc4c4ccccc34)cc2)cc1. The van der Waals surface area contributed by atoms with E-state index in [1.54, 1.807) is 0 Å². The highest BCUT2D eigenvalue weighted by molar-refractivity contribution is 6.17. The van der Waals surface area contributed by atoms with Crippen molar-refractivity contribution in [2.75, 3.05) is 4.90 Å². The molecule has 12 rings (SSSR count). The van der Waals surface area contributed by atoms with E-state index in [0.717, 1.165) is 88.8 Å². The van der Waals surface area contributed by atoms with Crippen LogP contribution < -0.4 is 4.90 Å². The van der Waals surface area contributed by atoms with Crippen molar-refractivity contribution in [1.29, 1.82) is 0 Å². The summed E-state index contributed by atoms with van der Waals surface area (Å²) >= 11 is 0. The van der Waals surface area contributed by atoms with Gasteiger partial charge in [-0.05, 0) is 110 Å². The van der Waals surface area contributed by atoms with Crippen LogP contribution in [-0.4, -0.2) is 0 Å². The second-order valence-electron chi connectivity index (χ2n) is 15.2. The Balaban J connectivity index is 1.16. The fourth-order valence-corrected chi connectivity index (χ4v) is 9.12. The molecule has 12 aromatic rings. The Morgan fingerprint density at radius 2 is 0.831 bits per heavy atom. The molecule has 0 saturated heterocycles. The number of hydrogen-bond acceptors (Lipinski definition) is 3. The Bertz CT molecular complexity index is 3560. The van der Waals surface area contributed by atoms with E-state index in [0.29, 0.717) is 0 Å². The zero-order valence-electron chi connectivity index (χ0n) is 32.0. The molecule has 3 nitrogen and oxygen atoms in total. The topological polar surface area (TPSA) is 29.5 Å². The van der Waals surface area contributed by atoms with Crippen molar-refractivity contribution in [3.63, 3.8) is 0 Å². The Morgan fingerprint density at radius 3 is 1.58 bits per heavy atom. The van der Waals surface area contributed by atoms with Crippen molar-refractivity contribution in [2.24, 2.45) is 0 Å². The van der Waals surface area contributed by atoms with Crippen molar-refractivity contribution < 1.29 is 8.83 Å². The van der Waals surface area contributed by atoms with Crippen LogP contribution in [0.15, 0.2) is 221 Å². The third-order valence-electron chi connectivity index (χ3n) is 11.9. The predicted molar refractivity (Wildman–Crippen MR) is 247 cm³/mol. The highest BCUT2D eigenvalue weighted by Gasteiger charge is 2.24. The number of hydrogen-bond donors (Lipinski definition) is 0. The van der Waals surface area contributed by atoms with Crippen LogP contribution in [0.3, 0.4) is 0 Å². The fraction of sp³-hybridized carbons (Fsp3) is 0. The average Bonchev–Trinajstić information content (AvgIpc) is 3.87. The van der Waals surface area contributed by atoms with Gasteiger partial charge in [0.15, 0.2) is 0 Å². The van der Waals surface area contributed by atoms with Gasteiger partial charge in [0.25, 0.3) is 0 Å². The average molecular weight is 754 g/mol. The van der Waals surface area contributed by atoms with E-state index in [-0.39, 0.29) is 0 Å². The molecule has 0 spiro atoms. The Hall–Kier alpha value is -7.88. The molecule has 3 heteroatoms. The minimum absolute atomic E-state index is 0.846. The summed E-state index contributed by atoms with van der Waals surface area (Å²) in [4.78, 5) is 2.39. The van der Waals surface area contributed by atoms with Gasteiger partial charge < -0.3 is 13.7 Å². The second-order valence-corrected chi connectivity index (χ2v) is 15.2. The minimum Gasteiger partial charge on any atom is -0.456 e. The monoisotopic (exact) mass is 753 g/mol. The quantitative estimate of drug-likeness (QED) is 0.158. The van der Waals surface area contributed by atoms with Crippen LogP contribution >= 0.6 is 0 Å². The minimum atomic E-state index is 0.846. The van der Waals surface area contributed by atoms with Crippen LogP contribution in [0, 0.1) is 0 Å². The fourth-order valence-electron chi connectivity index (χ4n) is 9.12. The summed E-state index contributed by atoms with van der Waals surface area (Å²) in [5, 5.41) is 9.27. The van der Waals surface area contributed by atoms with Crippen molar-refractivity contribution in [3.8, 4) is 33.4 Å². The first kappa shape index (κ1) is 33.3. The van der Waals surface area contributed by atoms with Crippen molar-refractivity contribution in [1.82, 2.24) is 0 Å². The second kappa shape index (κ2) is 13.4. The van der Waals surface area contributed by atoms with Crippen LogP contribution in [0.5, 0.6) is 0 Å². The smallest absolute Gasteiger partial charge is 0.137 e. The van der Waals surface area contributed by atoms with Crippen LogP contribution in [0.25, 0.3) is 98.8 Å². The molecule has 0 aliphatic heterocycles. The molecule has 0 N–H and O–H groups in total. The first-order chi connectivity index (χ1) is 29.2. The summed E-state index contributed by atoms with van der Waals surface area (Å²) < 4.78 is 13.0. The van der Waals surface area contributed by atoms with Gasteiger partial charge in [-0.25, -0.2) is 0 Å². The standard InChI is InChI=1S/C56H35NO2/c1-2-13-36(14-3-1)37-25-28-40(29-26-37)57(41-30-32-49-47-20-9-11-24-53(47)59-55(49)35-41)51-22-12-21-43(39-27-31-48-46-19-8-10-23-52(46)58-54(48)34-39)56(51)50-33-38-15-4-5-16-42(38)44-17-6-7-18-45(44)50/h1-35H.